The largest absolute Gasteiger partial charge is 0.478 e. The van der Waals surface area contributed by atoms with E-state index in [4.69, 9.17) is 9.72 Å². The number of esters is 1. The van der Waals surface area contributed by atoms with Gasteiger partial charge >= 0.3 is 11.9 Å². The van der Waals surface area contributed by atoms with Crippen molar-refractivity contribution in [3.8, 4) is 11.3 Å². The molecule has 0 saturated carbocycles. The van der Waals surface area contributed by atoms with Crippen LogP contribution >= 0.6 is 11.3 Å². The lowest BCUT2D eigenvalue weighted by atomic mass is 10.1. The number of carboxylic acids is 1. The van der Waals surface area contributed by atoms with E-state index >= 15 is 0 Å². The van der Waals surface area contributed by atoms with Crippen LogP contribution in [0.25, 0.3) is 11.3 Å². The zero-order valence-corrected chi connectivity index (χ0v) is 21.7. The number of aryl methyl sites for hydroxylation is 1. The Bertz CT molecular complexity index is 1310. The highest BCUT2D eigenvalue weighted by atomic mass is 32.1. The van der Waals surface area contributed by atoms with Crippen molar-refractivity contribution in [2.24, 2.45) is 0 Å². The number of carbonyl (C=O) groups excluding carboxylic acids is 2. The van der Waals surface area contributed by atoms with Gasteiger partial charge in [0, 0.05) is 44.7 Å². The van der Waals surface area contributed by atoms with Gasteiger partial charge in [-0.15, -0.1) is 0 Å². The highest BCUT2D eigenvalue weighted by Crippen LogP contribution is 2.29. The summed E-state index contributed by atoms with van der Waals surface area (Å²) in [5.41, 5.74) is 2.04. The van der Waals surface area contributed by atoms with E-state index in [0.29, 0.717) is 53.4 Å². The Hall–Kier alpha value is -4.06. The molecular weight excluding hydrogens is 496 g/mol. The Labute approximate surface area is 218 Å². The number of thiazole rings is 1. The number of benzene rings is 1. The lowest BCUT2D eigenvalue weighted by Gasteiger charge is -2.23. The van der Waals surface area contributed by atoms with Crippen LogP contribution < -0.4 is 10.2 Å². The van der Waals surface area contributed by atoms with Crippen LogP contribution in [0.4, 0.5) is 16.9 Å². The molecule has 0 atom stereocenters. The molecule has 1 aromatic carbocycles. The van der Waals surface area contributed by atoms with Gasteiger partial charge < -0.3 is 19.6 Å². The van der Waals surface area contributed by atoms with E-state index in [0.717, 1.165) is 23.3 Å². The normalized spacial score (nSPS) is 13.7. The van der Waals surface area contributed by atoms with Crippen LogP contribution in [0.15, 0.2) is 30.3 Å². The number of nitrogens with zero attached hydrogens (tertiary/aromatic N) is 5. The minimum absolute atomic E-state index is 0.0441. The first kappa shape index (κ1) is 26.0. The van der Waals surface area contributed by atoms with Crippen LogP contribution in [0.5, 0.6) is 0 Å². The summed E-state index contributed by atoms with van der Waals surface area (Å²) in [6.07, 6.45) is 0.795. The topological polar surface area (TPSA) is 138 Å². The van der Waals surface area contributed by atoms with Crippen molar-refractivity contribution in [1.82, 2.24) is 19.9 Å². The number of amides is 1. The first-order chi connectivity index (χ1) is 17.7. The Balaban J connectivity index is 1.68. The molecular formula is C25H28N6O5S. The van der Waals surface area contributed by atoms with E-state index in [-0.39, 0.29) is 24.0 Å². The Kier molecular flexibility index (Phi) is 7.97. The predicted molar refractivity (Wildman–Crippen MR) is 140 cm³/mol. The van der Waals surface area contributed by atoms with Crippen molar-refractivity contribution >= 4 is 46.1 Å². The number of hydrogen-bond donors (Lipinski definition) is 2. The van der Waals surface area contributed by atoms with E-state index < -0.39 is 11.9 Å². The van der Waals surface area contributed by atoms with Crippen molar-refractivity contribution in [2.45, 2.75) is 27.2 Å². The minimum Gasteiger partial charge on any atom is -0.478 e. The fourth-order valence-corrected chi connectivity index (χ4v) is 4.83. The van der Waals surface area contributed by atoms with Crippen LogP contribution in [0.3, 0.4) is 0 Å². The Morgan fingerprint density at radius 1 is 1.08 bits per heavy atom. The third kappa shape index (κ3) is 6.20. The summed E-state index contributed by atoms with van der Waals surface area (Å²) in [5.74, 6) is -0.444. The monoisotopic (exact) mass is 524 g/mol. The molecule has 12 heteroatoms. The molecule has 1 aliphatic rings. The third-order valence-electron chi connectivity index (χ3n) is 5.88. The van der Waals surface area contributed by atoms with Crippen LogP contribution in [0, 0.1) is 6.92 Å². The van der Waals surface area contributed by atoms with Gasteiger partial charge in [-0.2, -0.15) is 4.98 Å². The molecule has 4 rings (SSSR count). The molecule has 0 radical (unpaired) electrons. The molecule has 2 aromatic heterocycles. The molecule has 3 aromatic rings. The van der Waals surface area contributed by atoms with Crippen molar-refractivity contribution in [2.75, 3.05) is 43.0 Å². The lowest BCUT2D eigenvalue weighted by molar-refractivity contribution is -0.128. The van der Waals surface area contributed by atoms with E-state index in [1.54, 1.807) is 32.9 Å². The molecule has 0 unspecified atom stereocenters. The Morgan fingerprint density at radius 3 is 2.51 bits per heavy atom. The van der Waals surface area contributed by atoms with Gasteiger partial charge in [0.1, 0.15) is 10.7 Å². The molecule has 3 heterocycles. The molecule has 0 bridgehead atoms. The van der Waals surface area contributed by atoms with Gasteiger partial charge in [-0.3, -0.25) is 10.1 Å². The van der Waals surface area contributed by atoms with E-state index in [2.05, 4.69) is 20.2 Å². The number of carbonyl (C=O) groups is 3. The summed E-state index contributed by atoms with van der Waals surface area (Å²) in [5, 5.41) is 12.8. The first-order valence-corrected chi connectivity index (χ1v) is 12.7. The van der Waals surface area contributed by atoms with Gasteiger partial charge in [0.05, 0.1) is 23.6 Å². The van der Waals surface area contributed by atoms with Gasteiger partial charge in [-0.25, -0.2) is 19.6 Å². The van der Waals surface area contributed by atoms with Gasteiger partial charge in [0.15, 0.2) is 5.13 Å². The highest BCUT2D eigenvalue weighted by molar-refractivity contribution is 7.17. The number of aromatic carboxylic acids is 1. The maximum atomic E-state index is 12.2. The quantitative estimate of drug-likeness (QED) is 0.441. The van der Waals surface area contributed by atoms with Crippen molar-refractivity contribution in [3.05, 3.63) is 46.5 Å². The summed E-state index contributed by atoms with van der Waals surface area (Å²) >= 11 is 1.16. The third-order valence-corrected chi connectivity index (χ3v) is 6.93. The van der Waals surface area contributed by atoms with Gasteiger partial charge in [0.25, 0.3) is 0 Å². The average molecular weight is 525 g/mol. The second-order valence-electron chi connectivity index (χ2n) is 8.44. The maximum Gasteiger partial charge on any atom is 0.350 e. The van der Waals surface area contributed by atoms with Crippen LogP contribution in [-0.2, 0) is 9.53 Å². The molecule has 1 fully saturated rings. The smallest absolute Gasteiger partial charge is 0.350 e. The molecule has 1 saturated heterocycles. The molecule has 0 aliphatic carbocycles. The fourth-order valence-electron chi connectivity index (χ4n) is 3.98. The van der Waals surface area contributed by atoms with E-state index in [1.165, 1.54) is 12.1 Å². The molecule has 0 spiro atoms. The second kappa shape index (κ2) is 11.3. The van der Waals surface area contributed by atoms with Crippen LogP contribution in [0.2, 0.25) is 0 Å². The lowest BCUT2D eigenvalue weighted by Crippen LogP contribution is -2.34. The molecule has 1 amide bonds. The van der Waals surface area contributed by atoms with Gasteiger partial charge in [-0.05, 0) is 32.4 Å². The summed E-state index contributed by atoms with van der Waals surface area (Å²) < 4.78 is 5.11. The standard InChI is InChI=1S/C25H28N6O5S/c1-4-36-23(35)21-15(2)26-25(37-21)29-24-27-19(17-6-8-18(9-7-17)22(33)34)14-20(28-24)31-11-5-10-30(12-13-31)16(3)32/h6-9,14H,4-5,10-13H2,1-3H3,(H,33,34)(H,26,27,28,29). The summed E-state index contributed by atoms with van der Waals surface area (Å²) in [6.45, 7) is 7.90. The zero-order chi connectivity index (χ0) is 26.5. The van der Waals surface area contributed by atoms with Crippen LogP contribution in [-0.4, -0.2) is 75.6 Å². The second-order valence-corrected chi connectivity index (χ2v) is 9.44. The summed E-state index contributed by atoms with van der Waals surface area (Å²) in [7, 11) is 0. The number of carboxylic acid groups (broad SMARTS) is 1. The molecule has 194 valence electrons. The molecule has 1 aliphatic heterocycles. The van der Waals surface area contributed by atoms with E-state index in [9.17, 15) is 19.5 Å². The molecule has 2 N–H and O–H groups in total. The molecule has 11 nitrogen and oxygen atoms in total. The summed E-state index contributed by atoms with van der Waals surface area (Å²) in [4.78, 5) is 53.5. The highest BCUT2D eigenvalue weighted by Gasteiger charge is 2.21. The van der Waals surface area contributed by atoms with Crippen molar-refractivity contribution < 1.29 is 24.2 Å². The minimum atomic E-state index is -1.01. The van der Waals surface area contributed by atoms with E-state index in [1.807, 2.05) is 11.0 Å². The number of aromatic nitrogens is 3. The number of hydrogen-bond acceptors (Lipinski definition) is 10. The predicted octanol–water partition coefficient (Wildman–Crippen LogP) is 3.59. The number of ether oxygens (including phenoxy) is 1. The molecule has 37 heavy (non-hydrogen) atoms. The maximum absolute atomic E-state index is 12.2. The van der Waals surface area contributed by atoms with Crippen molar-refractivity contribution in [3.63, 3.8) is 0 Å². The van der Waals surface area contributed by atoms with Crippen molar-refractivity contribution in [1.29, 1.82) is 0 Å². The fraction of sp³-hybridized carbons (Fsp3) is 0.360. The summed E-state index contributed by atoms with van der Waals surface area (Å²) in [6, 6.07) is 8.30. The van der Waals surface area contributed by atoms with Gasteiger partial charge in [-0.1, -0.05) is 23.5 Å². The number of nitrogens with one attached hydrogen (secondary N) is 1. The van der Waals surface area contributed by atoms with Crippen LogP contribution in [0.1, 0.15) is 46.0 Å². The Morgan fingerprint density at radius 2 is 1.84 bits per heavy atom. The SMILES string of the molecule is CCOC(=O)c1sc(Nc2nc(-c3ccc(C(=O)O)cc3)cc(N3CCCN(C(C)=O)CC3)n2)nc1C. The number of anilines is 3. The first-order valence-electron chi connectivity index (χ1n) is 11.9. The number of rotatable bonds is 7. The average Bonchev–Trinajstić information content (AvgIpc) is 3.07. The zero-order valence-electron chi connectivity index (χ0n) is 20.9. The van der Waals surface area contributed by atoms with Gasteiger partial charge in [0.2, 0.25) is 11.9 Å².